The summed E-state index contributed by atoms with van der Waals surface area (Å²) in [5, 5.41) is 11.6. The molecule has 0 spiro atoms. The highest BCUT2D eigenvalue weighted by Gasteiger charge is 2.29. The van der Waals surface area contributed by atoms with Crippen LogP contribution in [0, 0.1) is 5.92 Å². The number of halogens is 2. The van der Waals surface area contributed by atoms with Gasteiger partial charge in [-0.2, -0.15) is 4.39 Å². The van der Waals surface area contributed by atoms with Crippen LogP contribution in [-0.2, 0) is 9.57 Å². The van der Waals surface area contributed by atoms with E-state index >= 15 is 0 Å². The largest absolute Gasteiger partial charge is 0.487 e. The van der Waals surface area contributed by atoms with E-state index in [4.69, 9.17) is 25.9 Å². The fraction of sp³-hybridized carbons (Fsp3) is 0.345. The molecule has 8 nitrogen and oxygen atoms in total. The number of nitrogens with one attached hydrogen (secondary N) is 2. The van der Waals surface area contributed by atoms with Crippen LogP contribution in [0.4, 0.5) is 15.9 Å². The third-order valence-corrected chi connectivity index (χ3v) is 6.98. The number of anilines is 2. The number of fused-ring (bicyclic) bond motifs is 1. The molecule has 1 aromatic heterocycles. The number of nitrogens with zero attached hydrogens (tertiary/aromatic N) is 3. The Balaban J connectivity index is 1.25. The monoisotopic (exact) mass is 549 g/mol. The van der Waals surface area contributed by atoms with Crippen molar-refractivity contribution in [2.45, 2.75) is 25.8 Å². The van der Waals surface area contributed by atoms with Gasteiger partial charge in [-0.3, -0.25) is 0 Å². The van der Waals surface area contributed by atoms with Gasteiger partial charge in [0.05, 0.1) is 35.7 Å². The van der Waals surface area contributed by atoms with Crippen LogP contribution >= 0.6 is 11.6 Å². The molecule has 1 aromatic carbocycles. The van der Waals surface area contributed by atoms with Crippen molar-refractivity contribution < 1.29 is 18.7 Å². The lowest BCUT2D eigenvalue weighted by Crippen LogP contribution is -2.43. The zero-order chi connectivity index (χ0) is 27.2. The molecule has 3 aliphatic rings. The molecule has 5 rings (SSSR count). The van der Waals surface area contributed by atoms with E-state index in [0.29, 0.717) is 35.4 Å². The molecule has 0 radical (unpaired) electrons. The van der Waals surface area contributed by atoms with E-state index in [9.17, 15) is 4.39 Å². The number of allylic oxidation sites excluding steroid dienone is 3. The molecule has 2 N–H and O–H groups in total. The summed E-state index contributed by atoms with van der Waals surface area (Å²) in [6.07, 6.45) is 8.60. The van der Waals surface area contributed by atoms with Crippen molar-refractivity contribution in [2.75, 3.05) is 38.3 Å². The molecule has 2 unspecified atom stereocenters. The maximum atomic E-state index is 13.4. The van der Waals surface area contributed by atoms with Crippen molar-refractivity contribution in [3.8, 4) is 5.75 Å². The van der Waals surface area contributed by atoms with Crippen molar-refractivity contribution >= 4 is 34.9 Å². The maximum Gasteiger partial charge on any atom is 0.173 e. The molecular formula is C29H29ClFN5O3. The van der Waals surface area contributed by atoms with Gasteiger partial charge in [0.15, 0.2) is 5.83 Å². The summed E-state index contributed by atoms with van der Waals surface area (Å²) in [7, 11) is 0. The highest BCUT2D eigenvalue weighted by Crippen LogP contribution is 2.39. The Morgan fingerprint density at radius 2 is 2.26 bits per heavy atom. The van der Waals surface area contributed by atoms with Gasteiger partial charge >= 0.3 is 0 Å². The van der Waals surface area contributed by atoms with Crippen molar-refractivity contribution in [2.24, 2.45) is 11.1 Å². The molecule has 0 bridgehead atoms. The molecule has 2 aromatic rings. The summed E-state index contributed by atoms with van der Waals surface area (Å²) in [6, 6.07) is 5.52. The number of benzene rings is 1. The normalized spacial score (nSPS) is 22.2. The average molecular weight is 550 g/mol. The predicted molar refractivity (Wildman–Crippen MR) is 149 cm³/mol. The van der Waals surface area contributed by atoms with E-state index in [1.54, 1.807) is 18.2 Å². The van der Waals surface area contributed by atoms with Crippen molar-refractivity contribution in [3.63, 3.8) is 0 Å². The standard InChI is InChI=1S/C29H29ClFN5O3/c1-18-24(19(2)36-39-16-23-15-37-11-10-32-23)7-8-26-28(18)29(34-17-33-26)35-22-6-9-27(25(30)13-22)38-14-20-4-3-5-21(31)12-20/h4,6-9,12-13,17-18,23-24,32H,10-11,14-16H2,1-2H3,(H,33,34,35)/b36-19+/t18?,23-,24?/m1/s1. The first-order valence-corrected chi connectivity index (χ1v) is 13.1. The fourth-order valence-electron chi connectivity index (χ4n) is 4.66. The Morgan fingerprint density at radius 1 is 1.36 bits per heavy atom. The minimum Gasteiger partial charge on any atom is -0.487 e. The molecule has 202 valence electrons. The Labute approximate surface area is 231 Å². The summed E-state index contributed by atoms with van der Waals surface area (Å²) in [6.45, 7) is 6.87. The number of oxime groups is 1. The molecule has 0 saturated carbocycles. The van der Waals surface area contributed by atoms with Crippen LogP contribution < -0.4 is 15.4 Å². The molecule has 1 aliphatic heterocycles. The van der Waals surface area contributed by atoms with Crippen molar-refractivity contribution in [1.29, 1.82) is 0 Å². The van der Waals surface area contributed by atoms with E-state index < -0.39 is 5.83 Å². The van der Waals surface area contributed by atoms with Gasteiger partial charge in [-0.25, -0.2) is 9.97 Å². The summed E-state index contributed by atoms with van der Waals surface area (Å²) >= 11 is 6.50. The molecule has 10 heteroatoms. The van der Waals surface area contributed by atoms with E-state index in [0.717, 1.165) is 35.8 Å². The quantitative estimate of drug-likeness (QED) is 0.243. The first-order valence-electron chi connectivity index (χ1n) is 12.8. The van der Waals surface area contributed by atoms with Crippen LogP contribution in [0.25, 0.3) is 6.08 Å². The molecule has 2 aliphatic carbocycles. The second-order valence-corrected chi connectivity index (χ2v) is 9.90. The van der Waals surface area contributed by atoms with E-state index in [2.05, 4.69) is 50.2 Å². The lowest BCUT2D eigenvalue weighted by Gasteiger charge is -2.28. The Morgan fingerprint density at radius 3 is 3.05 bits per heavy atom. The third kappa shape index (κ3) is 6.66. The van der Waals surface area contributed by atoms with Crippen LogP contribution in [0.5, 0.6) is 5.75 Å². The Bertz CT molecular complexity index is 1420. The molecule has 39 heavy (non-hydrogen) atoms. The minimum absolute atomic E-state index is 0.0247. The highest BCUT2D eigenvalue weighted by atomic mass is 35.5. The number of ether oxygens (including phenoxy) is 2. The number of hydrogen-bond donors (Lipinski definition) is 2. The summed E-state index contributed by atoms with van der Waals surface area (Å²) in [5.74, 6) is 0.767. The van der Waals surface area contributed by atoms with Gasteiger partial charge in [-0.1, -0.05) is 35.5 Å². The van der Waals surface area contributed by atoms with E-state index in [1.165, 1.54) is 12.4 Å². The molecular weight excluding hydrogens is 521 g/mol. The summed E-state index contributed by atoms with van der Waals surface area (Å²) < 4.78 is 24.6. The van der Waals surface area contributed by atoms with Crippen LogP contribution in [-0.4, -0.2) is 54.7 Å². The molecule has 1 fully saturated rings. The Kier molecular flexibility index (Phi) is 8.57. The zero-order valence-electron chi connectivity index (χ0n) is 21.7. The van der Waals surface area contributed by atoms with Crippen LogP contribution in [0.2, 0.25) is 5.02 Å². The van der Waals surface area contributed by atoms with Crippen LogP contribution in [0.1, 0.15) is 31.0 Å². The summed E-state index contributed by atoms with van der Waals surface area (Å²) in [5.41, 5.74) is 9.06. The molecule has 2 heterocycles. The number of morpholine rings is 1. The summed E-state index contributed by atoms with van der Waals surface area (Å²) in [4.78, 5) is 14.6. The lowest BCUT2D eigenvalue weighted by atomic mass is 9.80. The number of rotatable bonds is 9. The average Bonchev–Trinajstić information content (AvgIpc) is 2.93. The number of hydrogen-bond acceptors (Lipinski definition) is 8. The Hall–Kier alpha value is -3.71. The first kappa shape index (κ1) is 26.9. The molecule has 3 atom stereocenters. The predicted octanol–water partition coefficient (Wildman–Crippen LogP) is 5.48. The highest BCUT2D eigenvalue weighted by molar-refractivity contribution is 6.32. The lowest BCUT2D eigenvalue weighted by molar-refractivity contribution is 0.0306. The van der Waals surface area contributed by atoms with Gasteiger partial charge in [-0.05, 0) is 55.0 Å². The third-order valence-electron chi connectivity index (χ3n) is 6.69. The zero-order valence-corrected chi connectivity index (χ0v) is 22.5. The minimum atomic E-state index is -0.484. The van der Waals surface area contributed by atoms with Gasteiger partial charge < -0.3 is 24.9 Å². The maximum absolute atomic E-state index is 13.4. The van der Waals surface area contributed by atoms with E-state index in [1.807, 2.05) is 19.1 Å². The van der Waals surface area contributed by atoms with Crippen LogP contribution in [0.3, 0.4) is 0 Å². The van der Waals surface area contributed by atoms with Crippen molar-refractivity contribution in [3.05, 3.63) is 81.9 Å². The smallest absolute Gasteiger partial charge is 0.173 e. The topological polar surface area (TPSA) is 89.9 Å². The van der Waals surface area contributed by atoms with Crippen LogP contribution in [0.15, 0.2) is 70.8 Å². The van der Waals surface area contributed by atoms with Gasteiger partial charge in [-0.15, -0.1) is 0 Å². The number of aromatic nitrogens is 2. The second kappa shape index (κ2) is 12.4. The second-order valence-electron chi connectivity index (χ2n) is 9.49. The van der Waals surface area contributed by atoms with Gasteiger partial charge in [0.2, 0.25) is 0 Å². The fourth-order valence-corrected chi connectivity index (χ4v) is 4.90. The molecule has 1 saturated heterocycles. The molecule has 0 amide bonds. The first-order chi connectivity index (χ1) is 19.0. The van der Waals surface area contributed by atoms with Gasteiger partial charge in [0, 0.05) is 29.3 Å². The van der Waals surface area contributed by atoms with E-state index in [-0.39, 0.29) is 24.5 Å². The SMILES string of the molecule is C/C(=N\OC[C@H]1COCCN1)C1C=Cc2ncnc(Nc3ccc(OCC4=CC(F)=C=C=C4)c(Cl)c3)c2C1C. The van der Waals surface area contributed by atoms with Gasteiger partial charge in [0.1, 0.15) is 31.1 Å². The van der Waals surface area contributed by atoms with Crippen molar-refractivity contribution in [1.82, 2.24) is 15.3 Å². The van der Waals surface area contributed by atoms with Gasteiger partial charge in [0.25, 0.3) is 0 Å².